The molecule has 0 aromatic carbocycles. The fraction of sp³-hybridized carbons (Fsp3) is 0.364. The minimum Gasteiger partial charge on any atom is -0.268 e. The third-order valence-corrected chi connectivity index (χ3v) is 2.93. The molecule has 0 saturated heterocycles. The summed E-state index contributed by atoms with van der Waals surface area (Å²) in [4.78, 5) is 29.2. The number of hydrogen-bond donors (Lipinski definition) is 0. The van der Waals surface area contributed by atoms with Gasteiger partial charge in [0, 0.05) is 5.54 Å². The first kappa shape index (κ1) is 12.3. The van der Waals surface area contributed by atoms with E-state index in [1.165, 1.54) is 6.07 Å². The van der Waals surface area contributed by atoms with Crippen LogP contribution >= 0.6 is 23.2 Å². The van der Waals surface area contributed by atoms with Crippen molar-refractivity contribution in [2.45, 2.75) is 26.3 Å². The Morgan fingerprint density at radius 2 is 1.76 bits per heavy atom. The van der Waals surface area contributed by atoms with Crippen LogP contribution in [-0.4, -0.2) is 27.2 Å². The second kappa shape index (κ2) is 3.68. The van der Waals surface area contributed by atoms with Crippen LogP contribution < -0.4 is 0 Å². The van der Waals surface area contributed by atoms with Crippen LogP contribution in [-0.2, 0) is 0 Å². The summed E-state index contributed by atoms with van der Waals surface area (Å²) in [5, 5.41) is 0.260. The Balaban J connectivity index is 2.65. The zero-order chi connectivity index (χ0) is 13.0. The molecule has 6 heteroatoms. The maximum atomic E-state index is 12.1. The summed E-state index contributed by atoms with van der Waals surface area (Å²) >= 11 is 11.7. The molecule has 90 valence electrons. The van der Waals surface area contributed by atoms with Crippen LogP contribution in [0, 0.1) is 0 Å². The lowest BCUT2D eigenvalue weighted by atomic mass is 10.1. The van der Waals surface area contributed by atoms with Gasteiger partial charge in [0.25, 0.3) is 11.8 Å². The third-order valence-electron chi connectivity index (χ3n) is 2.43. The van der Waals surface area contributed by atoms with Crippen LogP contribution in [0.3, 0.4) is 0 Å². The molecule has 0 unspecified atom stereocenters. The first-order valence-corrected chi connectivity index (χ1v) is 5.74. The molecule has 2 heterocycles. The fourth-order valence-corrected chi connectivity index (χ4v) is 2.29. The van der Waals surface area contributed by atoms with Gasteiger partial charge in [-0.05, 0) is 26.8 Å². The molecule has 1 aromatic heterocycles. The highest BCUT2D eigenvalue weighted by Gasteiger charge is 2.44. The highest BCUT2D eigenvalue weighted by Crippen LogP contribution is 2.33. The van der Waals surface area contributed by atoms with E-state index in [9.17, 15) is 9.59 Å². The van der Waals surface area contributed by atoms with E-state index in [1.54, 1.807) is 20.8 Å². The zero-order valence-electron chi connectivity index (χ0n) is 9.54. The summed E-state index contributed by atoms with van der Waals surface area (Å²) in [6.45, 7) is 5.30. The van der Waals surface area contributed by atoms with E-state index >= 15 is 0 Å². The first-order chi connectivity index (χ1) is 7.73. The van der Waals surface area contributed by atoms with Gasteiger partial charge in [-0.1, -0.05) is 23.2 Å². The summed E-state index contributed by atoms with van der Waals surface area (Å²) in [5.74, 6) is -0.881. The predicted octanol–water partition coefficient (Wildman–Crippen LogP) is 2.78. The minimum atomic E-state index is -0.620. The number of nitrogens with zero attached hydrogens (tertiary/aromatic N) is 2. The topological polar surface area (TPSA) is 50.3 Å². The number of fused-ring (bicyclic) bond motifs is 1. The van der Waals surface area contributed by atoms with E-state index in [2.05, 4.69) is 4.98 Å². The highest BCUT2D eigenvalue weighted by atomic mass is 35.5. The monoisotopic (exact) mass is 272 g/mol. The second-order valence-corrected chi connectivity index (χ2v) is 5.56. The SMILES string of the molecule is CC(C)(C)N1C(=O)c2nc(Cl)cc(Cl)c2C1=O. The van der Waals surface area contributed by atoms with Crippen LogP contribution in [0.4, 0.5) is 0 Å². The summed E-state index contributed by atoms with van der Waals surface area (Å²) in [7, 11) is 0. The Morgan fingerprint density at radius 3 is 2.29 bits per heavy atom. The number of rotatable bonds is 0. The Kier molecular flexibility index (Phi) is 2.67. The number of imide groups is 1. The first-order valence-electron chi connectivity index (χ1n) is 4.98. The largest absolute Gasteiger partial charge is 0.280 e. The van der Waals surface area contributed by atoms with Gasteiger partial charge in [0.2, 0.25) is 0 Å². The molecule has 2 amide bonds. The molecule has 0 N–H and O–H groups in total. The minimum absolute atomic E-state index is 0.0300. The Labute approximate surface area is 109 Å². The van der Waals surface area contributed by atoms with Crippen molar-refractivity contribution in [1.82, 2.24) is 9.88 Å². The number of amides is 2. The number of aromatic nitrogens is 1. The van der Waals surface area contributed by atoms with Crippen molar-refractivity contribution >= 4 is 35.0 Å². The van der Waals surface area contributed by atoms with Crippen molar-refractivity contribution < 1.29 is 9.59 Å². The van der Waals surface area contributed by atoms with E-state index in [4.69, 9.17) is 23.2 Å². The summed E-state index contributed by atoms with van der Waals surface area (Å²) in [5.41, 5.74) is -0.455. The van der Waals surface area contributed by atoms with Crippen LogP contribution in [0.25, 0.3) is 0 Å². The van der Waals surface area contributed by atoms with Crippen molar-refractivity contribution in [2.24, 2.45) is 0 Å². The lowest BCUT2D eigenvalue weighted by molar-refractivity contribution is 0.0506. The molecule has 0 fully saturated rings. The molecule has 1 aliphatic rings. The van der Waals surface area contributed by atoms with Gasteiger partial charge in [-0.15, -0.1) is 0 Å². The highest BCUT2D eigenvalue weighted by molar-refractivity contribution is 6.39. The van der Waals surface area contributed by atoms with Gasteiger partial charge >= 0.3 is 0 Å². The Bertz CT molecular complexity index is 535. The van der Waals surface area contributed by atoms with E-state index in [1.807, 2.05) is 0 Å². The van der Waals surface area contributed by atoms with Gasteiger partial charge in [-0.25, -0.2) is 4.98 Å². The van der Waals surface area contributed by atoms with E-state index in [-0.39, 0.29) is 21.4 Å². The summed E-state index contributed by atoms with van der Waals surface area (Å²) in [6.07, 6.45) is 0. The van der Waals surface area contributed by atoms with E-state index in [0.717, 1.165) is 4.90 Å². The number of carbonyl (C=O) groups excluding carboxylic acids is 2. The van der Waals surface area contributed by atoms with Gasteiger partial charge in [-0.3, -0.25) is 14.5 Å². The quantitative estimate of drug-likeness (QED) is 0.539. The fourth-order valence-electron chi connectivity index (χ4n) is 1.76. The van der Waals surface area contributed by atoms with Gasteiger partial charge in [0.1, 0.15) is 10.8 Å². The van der Waals surface area contributed by atoms with Crippen molar-refractivity contribution in [3.05, 3.63) is 27.5 Å². The molecule has 1 aromatic rings. The number of carbonyl (C=O) groups is 2. The second-order valence-electron chi connectivity index (χ2n) is 4.77. The van der Waals surface area contributed by atoms with Crippen molar-refractivity contribution in [3.8, 4) is 0 Å². The smallest absolute Gasteiger partial charge is 0.268 e. The van der Waals surface area contributed by atoms with Gasteiger partial charge in [0.15, 0.2) is 0 Å². The van der Waals surface area contributed by atoms with Crippen molar-refractivity contribution in [3.63, 3.8) is 0 Å². The number of halogens is 2. The van der Waals surface area contributed by atoms with Crippen LogP contribution in [0.5, 0.6) is 0 Å². The average molecular weight is 273 g/mol. The van der Waals surface area contributed by atoms with Crippen LogP contribution in [0.2, 0.25) is 10.2 Å². The third kappa shape index (κ3) is 1.81. The molecule has 17 heavy (non-hydrogen) atoms. The van der Waals surface area contributed by atoms with Crippen LogP contribution in [0.1, 0.15) is 41.6 Å². The van der Waals surface area contributed by atoms with Crippen LogP contribution in [0.15, 0.2) is 6.07 Å². The van der Waals surface area contributed by atoms with E-state index in [0.29, 0.717) is 0 Å². The zero-order valence-corrected chi connectivity index (χ0v) is 11.1. The lowest BCUT2D eigenvalue weighted by Gasteiger charge is -2.29. The molecule has 2 rings (SSSR count). The van der Waals surface area contributed by atoms with Crippen molar-refractivity contribution in [1.29, 1.82) is 0 Å². The maximum Gasteiger partial charge on any atom is 0.280 e. The normalized spacial score (nSPS) is 15.5. The summed E-state index contributed by atoms with van der Waals surface area (Å²) in [6, 6.07) is 1.36. The van der Waals surface area contributed by atoms with E-state index < -0.39 is 17.4 Å². The molecule has 4 nitrogen and oxygen atoms in total. The van der Waals surface area contributed by atoms with Crippen molar-refractivity contribution in [2.75, 3.05) is 0 Å². The molecule has 1 aliphatic heterocycles. The lowest BCUT2D eigenvalue weighted by Crippen LogP contribution is -2.45. The predicted molar refractivity (Wildman–Crippen MR) is 64.5 cm³/mol. The Morgan fingerprint density at radius 1 is 1.18 bits per heavy atom. The molecular formula is C11H10Cl2N2O2. The number of hydrogen-bond acceptors (Lipinski definition) is 3. The van der Waals surface area contributed by atoms with Gasteiger partial charge in [-0.2, -0.15) is 0 Å². The number of pyridine rings is 1. The summed E-state index contributed by atoms with van der Waals surface area (Å²) < 4.78 is 0. The van der Waals surface area contributed by atoms with Gasteiger partial charge < -0.3 is 0 Å². The molecule has 0 aliphatic carbocycles. The van der Waals surface area contributed by atoms with Gasteiger partial charge in [0.05, 0.1) is 10.6 Å². The Hall–Kier alpha value is -1.13. The molecule has 0 saturated carbocycles. The molecule has 0 bridgehead atoms. The molecule has 0 atom stereocenters. The molecule has 0 spiro atoms. The maximum absolute atomic E-state index is 12.1. The molecule has 0 radical (unpaired) electrons. The standard InChI is InChI=1S/C11H10Cl2N2O2/c1-11(2,3)15-9(16)7-5(12)4-6(13)14-8(7)10(15)17/h4H,1-3H3. The molecular weight excluding hydrogens is 263 g/mol. The average Bonchev–Trinajstić information content (AvgIpc) is 2.37.